The predicted octanol–water partition coefficient (Wildman–Crippen LogP) is 3.56. The standard InChI is InChI=1S/C23H24NO4/c1-4-15-16-6-5-7-19(25-2)23(26-3)18(16)12-24-9-8-14-10-20-21(28-13-27-20)11-17(14)22(15)24/h5,7,10-12H,4,6,8-9,13H2,1-3H3/q+1. The van der Waals surface area contributed by atoms with E-state index in [1.54, 1.807) is 14.2 Å². The second-order valence-electron chi connectivity index (χ2n) is 7.22. The zero-order valence-electron chi connectivity index (χ0n) is 16.5. The van der Waals surface area contributed by atoms with Crippen LogP contribution in [0, 0.1) is 0 Å². The molecule has 2 aliphatic heterocycles. The lowest BCUT2D eigenvalue weighted by Gasteiger charge is -2.22. The molecule has 0 amide bonds. The van der Waals surface area contributed by atoms with E-state index in [9.17, 15) is 0 Å². The van der Waals surface area contributed by atoms with Crippen molar-refractivity contribution >= 4 is 5.76 Å². The lowest BCUT2D eigenvalue weighted by Crippen LogP contribution is -2.42. The third-order valence-corrected chi connectivity index (χ3v) is 5.86. The fourth-order valence-corrected chi connectivity index (χ4v) is 4.60. The highest BCUT2D eigenvalue weighted by molar-refractivity contribution is 5.75. The molecule has 3 aliphatic rings. The molecule has 0 saturated carbocycles. The van der Waals surface area contributed by atoms with Crippen molar-refractivity contribution < 1.29 is 23.5 Å². The van der Waals surface area contributed by atoms with Crippen LogP contribution in [0.2, 0.25) is 0 Å². The molecular weight excluding hydrogens is 354 g/mol. The Morgan fingerprint density at radius 1 is 1.07 bits per heavy atom. The van der Waals surface area contributed by atoms with Gasteiger partial charge in [0.25, 0.3) is 0 Å². The monoisotopic (exact) mass is 378 g/mol. The van der Waals surface area contributed by atoms with Crippen molar-refractivity contribution in [3.8, 4) is 22.8 Å². The molecule has 0 N–H and O–H groups in total. The molecule has 5 nitrogen and oxygen atoms in total. The number of nitrogens with zero attached hydrogens (tertiary/aromatic N) is 1. The van der Waals surface area contributed by atoms with Crippen LogP contribution in [0.4, 0.5) is 0 Å². The molecule has 3 heterocycles. The fourth-order valence-electron chi connectivity index (χ4n) is 4.60. The zero-order chi connectivity index (χ0) is 19.3. The van der Waals surface area contributed by atoms with Crippen molar-refractivity contribution in [3.63, 3.8) is 0 Å². The molecule has 0 spiro atoms. The maximum Gasteiger partial charge on any atom is 0.231 e. The number of pyridine rings is 1. The number of benzene rings is 1. The number of hydrogen-bond acceptors (Lipinski definition) is 4. The molecule has 1 aromatic carbocycles. The van der Waals surface area contributed by atoms with Crippen molar-refractivity contribution in [1.29, 1.82) is 0 Å². The summed E-state index contributed by atoms with van der Waals surface area (Å²) in [7, 11) is 3.40. The van der Waals surface area contributed by atoms with Crippen molar-refractivity contribution in [2.45, 2.75) is 32.7 Å². The van der Waals surface area contributed by atoms with Gasteiger partial charge in [0, 0.05) is 12.0 Å². The SMILES string of the molecule is CCc1c2c(c[n+]3c1-c1cc4c(cc1CC3)OCO4)C(OC)=C(OC)C=CC2. The Hall–Kier alpha value is -2.95. The first kappa shape index (κ1) is 17.2. The van der Waals surface area contributed by atoms with Gasteiger partial charge in [0.2, 0.25) is 12.5 Å². The van der Waals surface area contributed by atoms with E-state index in [2.05, 4.69) is 35.9 Å². The summed E-state index contributed by atoms with van der Waals surface area (Å²) < 4.78 is 25.0. The average molecular weight is 378 g/mol. The molecule has 1 aromatic heterocycles. The minimum absolute atomic E-state index is 0.301. The smallest absolute Gasteiger partial charge is 0.231 e. The van der Waals surface area contributed by atoms with E-state index in [4.69, 9.17) is 18.9 Å². The van der Waals surface area contributed by atoms with Crippen LogP contribution in [0.3, 0.4) is 0 Å². The van der Waals surface area contributed by atoms with E-state index >= 15 is 0 Å². The van der Waals surface area contributed by atoms with Gasteiger partial charge in [-0.3, -0.25) is 0 Å². The quantitative estimate of drug-likeness (QED) is 0.766. The number of aromatic nitrogens is 1. The van der Waals surface area contributed by atoms with E-state index in [0.717, 1.165) is 54.4 Å². The topological polar surface area (TPSA) is 40.8 Å². The van der Waals surface area contributed by atoms with Gasteiger partial charge in [0.05, 0.1) is 25.3 Å². The highest BCUT2D eigenvalue weighted by Crippen LogP contribution is 2.42. The van der Waals surface area contributed by atoms with Crippen LogP contribution in [0.25, 0.3) is 17.0 Å². The first-order valence-electron chi connectivity index (χ1n) is 9.75. The summed E-state index contributed by atoms with van der Waals surface area (Å²) in [5.41, 5.74) is 7.63. The molecule has 0 bridgehead atoms. The van der Waals surface area contributed by atoms with Gasteiger partial charge in [-0.1, -0.05) is 13.0 Å². The molecule has 28 heavy (non-hydrogen) atoms. The number of aryl methyl sites for hydroxylation is 2. The average Bonchev–Trinajstić information content (AvgIpc) is 3.10. The van der Waals surface area contributed by atoms with E-state index < -0.39 is 0 Å². The van der Waals surface area contributed by atoms with Crippen LogP contribution in [-0.2, 0) is 35.3 Å². The molecule has 2 aromatic rings. The van der Waals surface area contributed by atoms with Gasteiger partial charge in [-0.15, -0.1) is 0 Å². The van der Waals surface area contributed by atoms with E-state index in [1.807, 2.05) is 6.08 Å². The van der Waals surface area contributed by atoms with Gasteiger partial charge in [0.1, 0.15) is 0 Å². The Morgan fingerprint density at radius 3 is 2.64 bits per heavy atom. The largest absolute Gasteiger partial charge is 0.493 e. The summed E-state index contributed by atoms with van der Waals surface area (Å²) in [4.78, 5) is 0. The number of allylic oxidation sites excluding steroid dienone is 2. The first-order valence-corrected chi connectivity index (χ1v) is 9.75. The number of ether oxygens (including phenoxy) is 4. The van der Waals surface area contributed by atoms with Gasteiger partial charge in [0.15, 0.2) is 35.8 Å². The minimum Gasteiger partial charge on any atom is -0.493 e. The molecule has 5 rings (SSSR count). The molecule has 0 fully saturated rings. The summed E-state index contributed by atoms with van der Waals surface area (Å²) >= 11 is 0. The van der Waals surface area contributed by atoms with Crippen LogP contribution in [0.1, 0.15) is 29.2 Å². The number of methoxy groups -OCH3 is 2. The molecule has 0 unspecified atom stereocenters. The highest BCUT2D eigenvalue weighted by Gasteiger charge is 2.33. The summed E-state index contributed by atoms with van der Waals surface area (Å²) in [6, 6.07) is 4.30. The Morgan fingerprint density at radius 2 is 1.89 bits per heavy atom. The summed E-state index contributed by atoms with van der Waals surface area (Å²) in [5.74, 6) is 3.26. The molecule has 0 radical (unpaired) electrons. The summed E-state index contributed by atoms with van der Waals surface area (Å²) in [5, 5.41) is 0. The summed E-state index contributed by atoms with van der Waals surface area (Å²) in [6.07, 6.45) is 9.15. The van der Waals surface area contributed by atoms with Gasteiger partial charge in [-0.25, -0.2) is 0 Å². The van der Waals surface area contributed by atoms with Crippen molar-refractivity contribution in [2.75, 3.05) is 21.0 Å². The second kappa shape index (κ2) is 6.59. The molecular formula is C23H24NO4+. The second-order valence-corrected chi connectivity index (χ2v) is 7.22. The highest BCUT2D eigenvalue weighted by atomic mass is 16.7. The normalized spacial score (nSPS) is 16.2. The maximum absolute atomic E-state index is 5.78. The van der Waals surface area contributed by atoms with Gasteiger partial charge < -0.3 is 18.9 Å². The van der Waals surface area contributed by atoms with Crippen molar-refractivity contribution in [2.24, 2.45) is 0 Å². The summed E-state index contributed by atoms with van der Waals surface area (Å²) in [6.45, 7) is 3.45. The molecule has 5 heteroatoms. The number of fused-ring (bicyclic) bond motifs is 5. The van der Waals surface area contributed by atoms with Gasteiger partial charge in [-0.2, -0.15) is 4.57 Å². The van der Waals surface area contributed by atoms with Crippen LogP contribution in [0.15, 0.2) is 36.2 Å². The van der Waals surface area contributed by atoms with Crippen molar-refractivity contribution in [1.82, 2.24) is 0 Å². The Bertz CT molecular complexity index is 1040. The van der Waals surface area contributed by atoms with Crippen LogP contribution in [0.5, 0.6) is 11.5 Å². The van der Waals surface area contributed by atoms with Crippen LogP contribution in [-0.4, -0.2) is 21.0 Å². The minimum atomic E-state index is 0.301. The van der Waals surface area contributed by atoms with Gasteiger partial charge >= 0.3 is 0 Å². The molecule has 1 aliphatic carbocycles. The third-order valence-electron chi connectivity index (χ3n) is 5.86. The maximum atomic E-state index is 5.78. The van der Waals surface area contributed by atoms with Crippen molar-refractivity contribution in [3.05, 3.63) is 58.5 Å². The number of hydrogen-bond donors (Lipinski definition) is 0. The lowest BCUT2D eigenvalue weighted by atomic mass is 9.88. The predicted molar refractivity (Wildman–Crippen MR) is 105 cm³/mol. The lowest BCUT2D eigenvalue weighted by molar-refractivity contribution is -0.688. The molecule has 0 atom stereocenters. The van der Waals surface area contributed by atoms with E-state index in [0.29, 0.717) is 6.79 Å². The molecule has 0 saturated heterocycles. The fraction of sp³-hybridized carbons (Fsp3) is 0.348. The molecule has 144 valence electrons. The zero-order valence-corrected chi connectivity index (χ0v) is 16.5. The Kier molecular flexibility index (Phi) is 4.04. The third kappa shape index (κ3) is 2.42. The Balaban J connectivity index is 1.78. The van der Waals surface area contributed by atoms with E-state index in [-0.39, 0.29) is 0 Å². The van der Waals surface area contributed by atoms with Crippen LogP contribution < -0.4 is 14.0 Å². The van der Waals surface area contributed by atoms with Gasteiger partial charge in [-0.05, 0) is 42.2 Å². The van der Waals surface area contributed by atoms with Crippen LogP contribution >= 0.6 is 0 Å². The van der Waals surface area contributed by atoms with E-state index in [1.165, 1.54) is 27.9 Å². The number of rotatable bonds is 3. The Labute approximate surface area is 164 Å². The first-order chi connectivity index (χ1) is 13.7.